The van der Waals surface area contributed by atoms with Crippen molar-refractivity contribution in [1.29, 1.82) is 0 Å². The van der Waals surface area contributed by atoms with Crippen molar-refractivity contribution in [2.24, 2.45) is 0 Å². The molecule has 8 heteroatoms. The van der Waals surface area contributed by atoms with E-state index in [0.29, 0.717) is 16.6 Å². The highest BCUT2D eigenvalue weighted by molar-refractivity contribution is 7.15. The SMILES string of the molecule is Cc1ccnc(Nc2cccc(-c3cnc(C(O)CCC(=O)O)s3)n2)c1. The first-order valence-electron chi connectivity index (χ1n) is 8.04. The van der Waals surface area contributed by atoms with Crippen LogP contribution >= 0.6 is 11.3 Å². The van der Waals surface area contributed by atoms with Crippen LogP contribution in [0.3, 0.4) is 0 Å². The second-order valence-corrected chi connectivity index (χ2v) is 6.82. The molecule has 3 heterocycles. The number of aromatic nitrogens is 3. The molecule has 3 aromatic heterocycles. The smallest absolute Gasteiger partial charge is 0.303 e. The summed E-state index contributed by atoms with van der Waals surface area (Å²) in [5.74, 6) is 0.428. The van der Waals surface area contributed by atoms with Crippen molar-refractivity contribution < 1.29 is 15.0 Å². The van der Waals surface area contributed by atoms with Gasteiger partial charge in [-0.05, 0) is 43.2 Å². The summed E-state index contributed by atoms with van der Waals surface area (Å²) >= 11 is 1.30. The predicted molar refractivity (Wildman–Crippen MR) is 99.4 cm³/mol. The van der Waals surface area contributed by atoms with Crippen molar-refractivity contribution in [2.75, 3.05) is 5.32 Å². The lowest BCUT2D eigenvalue weighted by Gasteiger charge is -2.06. The van der Waals surface area contributed by atoms with E-state index in [0.717, 1.165) is 16.1 Å². The number of hydrogen-bond acceptors (Lipinski definition) is 7. The van der Waals surface area contributed by atoms with Crippen molar-refractivity contribution in [2.45, 2.75) is 25.9 Å². The van der Waals surface area contributed by atoms with Gasteiger partial charge in [-0.1, -0.05) is 6.07 Å². The molecule has 0 aliphatic rings. The summed E-state index contributed by atoms with van der Waals surface area (Å²) in [6, 6.07) is 9.43. The molecule has 0 saturated carbocycles. The van der Waals surface area contributed by atoms with Gasteiger partial charge in [-0.3, -0.25) is 4.79 Å². The Bertz CT molecular complexity index is 913. The highest BCUT2D eigenvalue weighted by Crippen LogP contribution is 2.30. The third-order valence-electron chi connectivity index (χ3n) is 3.61. The summed E-state index contributed by atoms with van der Waals surface area (Å²) in [6.45, 7) is 1.99. The molecule has 3 rings (SSSR count). The summed E-state index contributed by atoms with van der Waals surface area (Å²) < 4.78 is 0. The molecule has 0 amide bonds. The van der Waals surface area contributed by atoms with Gasteiger partial charge in [0.2, 0.25) is 0 Å². The van der Waals surface area contributed by atoms with Crippen molar-refractivity contribution in [3.63, 3.8) is 0 Å². The maximum Gasteiger partial charge on any atom is 0.303 e. The van der Waals surface area contributed by atoms with Gasteiger partial charge in [0.15, 0.2) is 0 Å². The quantitative estimate of drug-likeness (QED) is 0.583. The zero-order valence-corrected chi connectivity index (χ0v) is 14.9. The number of carbonyl (C=O) groups is 1. The Kier molecular flexibility index (Phi) is 5.55. The first-order valence-corrected chi connectivity index (χ1v) is 8.85. The molecule has 0 spiro atoms. The fourth-order valence-corrected chi connectivity index (χ4v) is 3.23. The standard InChI is InChI=1S/C18H18N4O3S/c1-11-7-8-19-16(9-11)22-15-4-2-3-12(21-15)14-10-20-18(26-14)13(23)5-6-17(24)25/h2-4,7-10,13,23H,5-6H2,1H3,(H,24,25)(H,19,21,22). The van der Waals surface area contributed by atoms with Crippen molar-refractivity contribution in [3.05, 3.63) is 53.3 Å². The van der Waals surface area contributed by atoms with E-state index in [-0.39, 0.29) is 12.8 Å². The molecule has 26 heavy (non-hydrogen) atoms. The van der Waals surface area contributed by atoms with Crippen LogP contribution in [0.25, 0.3) is 10.6 Å². The Morgan fingerprint density at radius 2 is 2.12 bits per heavy atom. The molecule has 0 radical (unpaired) electrons. The number of nitrogens with zero attached hydrogens (tertiary/aromatic N) is 3. The minimum atomic E-state index is -0.939. The number of carboxylic acids is 1. The zero-order chi connectivity index (χ0) is 18.5. The number of rotatable bonds is 7. The second kappa shape index (κ2) is 8.03. The maximum absolute atomic E-state index is 10.6. The van der Waals surface area contributed by atoms with E-state index < -0.39 is 12.1 Å². The van der Waals surface area contributed by atoms with E-state index in [4.69, 9.17) is 5.11 Å². The molecule has 3 N–H and O–H groups in total. The number of carboxylic acid groups (broad SMARTS) is 1. The van der Waals surface area contributed by atoms with Crippen LogP contribution in [0.15, 0.2) is 42.7 Å². The zero-order valence-electron chi connectivity index (χ0n) is 14.1. The van der Waals surface area contributed by atoms with Gasteiger partial charge in [-0.25, -0.2) is 15.0 Å². The average molecular weight is 370 g/mol. The summed E-state index contributed by atoms with van der Waals surface area (Å²) in [5.41, 5.74) is 1.82. The van der Waals surface area contributed by atoms with Gasteiger partial charge in [0, 0.05) is 18.8 Å². The minimum absolute atomic E-state index is 0.1000. The number of thiazole rings is 1. The number of aliphatic hydroxyl groups is 1. The first-order chi connectivity index (χ1) is 12.5. The molecule has 1 atom stereocenters. The van der Waals surface area contributed by atoms with E-state index in [1.807, 2.05) is 37.3 Å². The monoisotopic (exact) mass is 370 g/mol. The summed E-state index contributed by atoms with van der Waals surface area (Å²) in [4.78, 5) is 24.4. The summed E-state index contributed by atoms with van der Waals surface area (Å²) in [6.07, 6.45) is 2.52. The number of nitrogens with one attached hydrogen (secondary N) is 1. The molecule has 134 valence electrons. The minimum Gasteiger partial charge on any atom is -0.481 e. The van der Waals surface area contributed by atoms with E-state index in [1.165, 1.54) is 11.3 Å². The topological polar surface area (TPSA) is 108 Å². The normalized spacial score (nSPS) is 11.9. The van der Waals surface area contributed by atoms with Gasteiger partial charge in [0.05, 0.1) is 10.6 Å². The van der Waals surface area contributed by atoms with Crippen molar-refractivity contribution >= 4 is 28.9 Å². The predicted octanol–water partition coefficient (Wildman–Crippen LogP) is 3.55. The van der Waals surface area contributed by atoms with Crippen LogP contribution in [0.1, 0.15) is 29.5 Å². The highest BCUT2D eigenvalue weighted by atomic mass is 32.1. The maximum atomic E-state index is 10.6. The number of aliphatic hydroxyl groups excluding tert-OH is 1. The number of pyridine rings is 2. The van der Waals surface area contributed by atoms with E-state index in [9.17, 15) is 9.90 Å². The largest absolute Gasteiger partial charge is 0.481 e. The molecular weight excluding hydrogens is 352 g/mol. The lowest BCUT2D eigenvalue weighted by atomic mass is 10.2. The molecule has 0 aliphatic heterocycles. The third kappa shape index (κ3) is 4.62. The van der Waals surface area contributed by atoms with Crippen LogP contribution < -0.4 is 5.32 Å². The van der Waals surface area contributed by atoms with Gasteiger partial charge in [-0.2, -0.15) is 0 Å². The Hall–Kier alpha value is -2.84. The first kappa shape index (κ1) is 18.0. The Labute approximate surface area is 154 Å². The fourth-order valence-electron chi connectivity index (χ4n) is 2.32. The van der Waals surface area contributed by atoms with Crippen molar-refractivity contribution in [1.82, 2.24) is 15.0 Å². The van der Waals surface area contributed by atoms with Gasteiger partial charge in [-0.15, -0.1) is 11.3 Å². The van der Waals surface area contributed by atoms with E-state index >= 15 is 0 Å². The molecule has 0 aliphatic carbocycles. The average Bonchev–Trinajstić information content (AvgIpc) is 3.10. The lowest BCUT2D eigenvalue weighted by Crippen LogP contribution is -2.01. The highest BCUT2D eigenvalue weighted by Gasteiger charge is 2.15. The van der Waals surface area contributed by atoms with Crippen LogP contribution in [-0.2, 0) is 4.79 Å². The van der Waals surface area contributed by atoms with Crippen LogP contribution in [0, 0.1) is 6.92 Å². The van der Waals surface area contributed by atoms with Crippen LogP contribution in [0.4, 0.5) is 11.6 Å². The Balaban J connectivity index is 1.75. The molecule has 0 saturated heterocycles. The molecule has 0 fully saturated rings. The van der Waals surface area contributed by atoms with Gasteiger partial charge in [0.1, 0.15) is 22.7 Å². The number of hydrogen-bond donors (Lipinski definition) is 3. The third-order valence-corrected chi connectivity index (χ3v) is 4.73. The van der Waals surface area contributed by atoms with Gasteiger partial charge < -0.3 is 15.5 Å². The second-order valence-electron chi connectivity index (χ2n) is 5.76. The van der Waals surface area contributed by atoms with Crippen LogP contribution in [0.2, 0.25) is 0 Å². The summed E-state index contributed by atoms with van der Waals surface area (Å²) in [7, 11) is 0. The van der Waals surface area contributed by atoms with Crippen molar-refractivity contribution in [3.8, 4) is 10.6 Å². The van der Waals surface area contributed by atoms with E-state index in [2.05, 4.69) is 20.3 Å². The Morgan fingerprint density at radius 1 is 1.27 bits per heavy atom. The molecule has 1 unspecified atom stereocenters. The molecule has 0 bridgehead atoms. The molecular formula is C18H18N4O3S. The molecule has 3 aromatic rings. The number of aliphatic carboxylic acids is 1. The Morgan fingerprint density at radius 3 is 2.88 bits per heavy atom. The van der Waals surface area contributed by atoms with Gasteiger partial charge in [0.25, 0.3) is 0 Å². The van der Waals surface area contributed by atoms with Crippen LogP contribution in [-0.4, -0.2) is 31.1 Å². The molecule has 0 aromatic carbocycles. The van der Waals surface area contributed by atoms with Crippen LogP contribution in [0.5, 0.6) is 0 Å². The molecule has 7 nitrogen and oxygen atoms in total. The summed E-state index contributed by atoms with van der Waals surface area (Å²) in [5, 5.41) is 22.4. The van der Waals surface area contributed by atoms with E-state index in [1.54, 1.807) is 12.4 Å². The van der Waals surface area contributed by atoms with Gasteiger partial charge >= 0.3 is 5.97 Å². The fraction of sp³-hybridized carbons (Fsp3) is 0.222. The number of anilines is 2. The lowest BCUT2D eigenvalue weighted by molar-refractivity contribution is -0.137. The number of aryl methyl sites for hydroxylation is 1.